The van der Waals surface area contributed by atoms with Gasteiger partial charge in [-0.3, -0.25) is 9.59 Å². The molecule has 0 aliphatic rings. The molecule has 0 amide bonds. The number of carbonyl (C=O) groups excluding carboxylic acids is 2. The van der Waals surface area contributed by atoms with Crippen LogP contribution in [0.25, 0.3) is 21.5 Å². The molecule has 0 saturated heterocycles. The van der Waals surface area contributed by atoms with Crippen LogP contribution < -0.4 is 0 Å². The quantitative estimate of drug-likeness (QED) is 0.421. The summed E-state index contributed by atoms with van der Waals surface area (Å²) in [6, 6.07) is 10.3. The molecule has 0 aliphatic carbocycles. The molecule has 2 nitrogen and oxygen atoms in total. The maximum absolute atomic E-state index is 11.5. The molecule has 0 radical (unpaired) electrons. The van der Waals surface area contributed by atoms with Crippen molar-refractivity contribution in [3.8, 4) is 0 Å². The topological polar surface area (TPSA) is 34.1 Å². The average Bonchev–Trinajstić information content (AvgIpc) is 2.44. The molecule has 0 atom stereocenters. The van der Waals surface area contributed by atoms with Gasteiger partial charge in [0.2, 0.25) is 0 Å². The number of aldehydes is 2. The summed E-state index contributed by atoms with van der Waals surface area (Å²) in [5.74, 6) is 0. The average molecular weight is 376 g/mol. The van der Waals surface area contributed by atoms with Crippen LogP contribution >= 0.6 is 48.0 Å². The van der Waals surface area contributed by atoms with Crippen molar-refractivity contribution in [1.82, 2.24) is 0 Å². The Labute approximate surface area is 149 Å². The molecule has 114 valence electrons. The number of benzene rings is 3. The number of carbonyl (C=O) groups is 2. The molecule has 0 bridgehead atoms. The summed E-state index contributed by atoms with van der Waals surface area (Å²) in [4.78, 5) is 22.9. The predicted octanol–water partition coefficient (Wildman–Crippen LogP) is 5.77. The van der Waals surface area contributed by atoms with Gasteiger partial charge in [-0.2, -0.15) is 0 Å². The van der Waals surface area contributed by atoms with E-state index in [2.05, 4.69) is 0 Å². The van der Waals surface area contributed by atoms with E-state index >= 15 is 0 Å². The standard InChI is InChI=1S/C16H8Cl2O2.2ClH/c17-9-1-3-11-13(5-9)16(8-20)12-4-2-10(18)6-14(12)15(11)7-19;;/h1-8H;2*1H. The second kappa shape index (κ2) is 7.30. The van der Waals surface area contributed by atoms with Crippen molar-refractivity contribution >= 4 is 82.1 Å². The Bertz CT molecular complexity index is 802. The van der Waals surface area contributed by atoms with Crippen LogP contribution in [0.3, 0.4) is 0 Å². The highest BCUT2D eigenvalue weighted by Gasteiger charge is 2.13. The van der Waals surface area contributed by atoms with E-state index in [1.165, 1.54) is 0 Å². The first-order valence-corrected chi connectivity index (χ1v) is 6.66. The number of hydrogen-bond acceptors (Lipinski definition) is 2. The number of rotatable bonds is 2. The van der Waals surface area contributed by atoms with E-state index < -0.39 is 0 Å². The Hall–Kier alpha value is -1.32. The Morgan fingerprint density at radius 2 is 1.00 bits per heavy atom. The van der Waals surface area contributed by atoms with Gasteiger partial charge in [-0.05, 0) is 45.8 Å². The third-order valence-electron chi connectivity index (χ3n) is 3.36. The van der Waals surface area contributed by atoms with E-state index in [1.54, 1.807) is 36.4 Å². The van der Waals surface area contributed by atoms with Crippen molar-refractivity contribution in [2.45, 2.75) is 0 Å². The summed E-state index contributed by atoms with van der Waals surface area (Å²) in [7, 11) is 0. The minimum absolute atomic E-state index is 0. The number of hydrogen-bond donors (Lipinski definition) is 0. The maximum Gasteiger partial charge on any atom is 0.151 e. The third-order valence-corrected chi connectivity index (χ3v) is 3.83. The van der Waals surface area contributed by atoms with Gasteiger partial charge in [-0.1, -0.05) is 35.3 Å². The SMILES string of the molecule is Cl.Cl.O=Cc1c2ccc(Cl)cc2c(C=O)c2ccc(Cl)cc12. The minimum atomic E-state index is 0. The first-order chi connectivity index (χ1) is 9.65. The van der Waals surface area contributed by atoms with Crippen molar-refractivity contribution in [2.75, 3.05) is 0 Å². The first-order valence-electron chi connectivity index (χ1n) is 5.90. The second-order valence-electron chi connectivity index (χ2n) is 4.44. The van der Waals surface area contributed by atoms with Gasteiger partial charge in [0.25, 0.3) is 0 Å². The fourth-order valence-corrected chi connectivity index (χ4v) is 2.84. The van der Waals surface area contributed by atoms with Gasteiger partial charge < -0.3 is 0 Å². The van der Waals surface area contributed by atoms with Gasteiger partial charge in [0, 0.05) is 21.2 Å². The molecule has 3 aromatic carbocycles. The van der Waals surface area contributed by atoms with E-state index in [-0.39, 0.29) is 24.8 Å². The molecule has 0 unspecified atom stereocenters. The van der Waals surface area contributed by atoms with Crippen LogP contribution in [-0.4, -0.2) is 12.6 Å². The van der Waals surface area contributed by atoms with Crippen LogP contribution in [0.1, 0.15) is 20.7 Å². The Balaban J connectivity index is 0.00000121. The fraction of sp³-hybridized carbons (Fsp3) is 0. The van der Waals surface area contributed by atoms with Crippen molar-refractivity contribution in [3.63, 3.8) is 0 Å². The monoisotopic (exact) mass is 374 g/mol. The molecule has 0 saturated carbocycles. The van der Waals surface area contributed by atoms with Gasteiger partial charge in [0.05, 0.1) is 0 Å². The molecule has 6 heteroatoms. The largest absolute Gasteiger partial charge is 0.298 e. The zero-order valence-corrected chi connectivity index (χ0v) is 14.2. The fourth-order valence-electron chi connectivity index (χ4n) is 2.49. The van der Waals surface area contributed by atoms with Crippen molar-refractivity contribution in [2.24, 2.45) is 0 Å². The highest BCUT2D eigenvalue weighted by Crippen LogP contribution is 2.34. The lowest BCUT2D eigenvalue weighted by molar-refractivity contribution is 0.111. The minimum Gasteiger partial charge on any atom is -0.298 e. The number of halogens is 4. The van der Waals surface area contributed by atoms with Crippen LogP contribution in [0.15, 0.2) is 36.4 Å². The van der Waals surface area contributed by atoms with Crippen LogP contribution in [-0.2, 0) is 0 Å². The molecule has 0 heterocycles. The van der Waals surface area contributed by atoms with Gasteiger partial charge in [-0.25, -0.2) is 0 Å². The third kappa shape index (κ3) is 2.92. The van der Waals surface area contributed by atoms with Crippen LogP contribution in [0.2, 0.25) is 10.0 Å². The summed E-state index contributed by atoms with van der Waals surface area (Å²) in [5, 5.41) is 3.77. The Kier molecular flexibility index (Phi) is 6.21. The zero-order chi connectivity index (χ0) is 14.3. The molecule has 0 spiro atoms. The van der Waals surface area contributed by atoms with E-state index in [0.717, 1.165) is 12.6 Å². The summed E-state index contributed by atoms with van der Waals surface area (Å²) < 4.78 is 0. The van der Waals surface area contributed by atoms with Gasteiger partial charge in [-0.15, -0.1) is 24.8 Å². The Morgan fingerprint density at radius 3 is 1.32 bits per heavy atom. The highest BCUT2D eigenvalue weighted by atomic mass is 35.5. The normalized spacial score (nSPS) is 9.91. The lowest BCUT2D eigenvalue weighted by Gasteiger charge is -2.11. The molecule has 3 rings (SSSR count). The van der Waals surface area contributed by atoms with Gasteiger partial charge >= 0.3 is 0 Å². The molecule has 3 aromatic rings. The smallest absolute Gasteiger partial charge is 0.151 e. The summed E-state index contributed by atoms with van der Waals surface area (Å²) in [5.41, 5.74) is 1.03. The van der Waals surface area contributed by atoms with E-state index in [1.807, 2.05) is 0 Å². The zero-order valence-electron chi connectivity index (χ0n) is 11.0. The molecule has 22 heavy (non-hydrogen) atoms. The van der Waals surface area contributed by atoms with Crippen molar-refractivity contribution < 1.29 is 9.59 Å². The lowest BCUT2D eigenvalue weighted by atomic mass is 9.93. The number of fused-ring (bicyclic) bond motifs is 2. The van der Waals surface area contributed by atoms with Gasteiger partial charge in [0.1, 0.15) is 0 Å². The van der Waals surface area contributed by atoms with Gasteiger partial charge in [0.15, 0.2) is 12.6 Å². The van der Waals surface area contributed by atoms with E-state index in [4.69, 9.17) is 23.2 Å². The highest BCUT2D eigenvalue weighted by molar-refractivity contribution is 6.33. The van der Waals surface area contributed by atoms with E-state index in [0.29, 0.717) is 42.7 Å². The molecular formula is C16H10Cl4O2. The van der Waals surface area contributed by atoms with E-state index in [9.17, 15) is 9.59 Å². The molecule has 0 fully saturated rings. The summed E-state index contributed by atoms with van der Waals surface area (Å²) in [6.07, 6.45) is 1.56. The van der Waals surface area contributed by atoms with Crippen molar-refractivity contribution in [1.29, 1.82) is 0 Å². The summed E-state index contributed by atoms with van der Waals surface area (Å²) >= 11 is 12.0. The van der Waals surface area contributed by atoms with Crippen LogP contribution in [0.5, 0.6) is 0 Å². The second-order valence-corrected chi connectivity index (χ2v) is 5.32. The van der Waals surface area contributed by atoms with Crippen LogP contribution in [0, 0.1) is 0 Å². The molecule has 0 aliphatic heterocycles. The first kappa shape index (κ1) is 18.7. The van der Waals surface area contributed by atoms with Crippen molar-refractivity contribution in [3.05, 3.63) is 57.6 Å². The maximum atomic E-state index is 11.5. The lowest BCUT2D eigenvalue weighted by Crippen LogP contribution is -1.94. The molecule has 0 aromatic heterocycles. The predicted molar refractivity (Wildman–Crippen MR) is 96.7 cm³/mol. The Morgan fingerprint density at radius 1 is 0.636 bits per heavy atom. The molecule has 0 N–H and O–H groups in total. The summed E-state index contributed by atoms with van der Waals surface area (Å²) in [6.45, 7) is 0. The molecular weight excluding hydrogens is 366 g/mol. The van der Waals surface area contributed by atoms with Crippen LogP contribution in [0.4, 0.5) is 0 Å².